The maximum atomic E-state index is 4.64. The number of imidazole rings is 1. The topological polar surface area (TPSA) is 38.5 Å². The van der Waals surface area contributed by atoms with Crippen molar-refractivity contribution in [3.8, 4) is 16.8 Å². The number of aromatic amines is 1. The number of aromatic nitrogens is 4. The summed E-state index contributed by atoms with van der Waals surface area (Å²) < 4.78 is 5.82. The van der Waals surface area contributed by atoms with E-state index in [1.165, 1.54) is 44.7 Å². The number of rotatable bonds is 8. The third-order valence-electron chi connectivity index (χ3n) is 6.21. The van der Waals surface area contributed by atoms with Crippen LogP contribution in [0.3, 0.4) is 0 Å². The Morgan fingerprint density at radius 1 is 0.909 bits per heavy atom. The molecule has 2 heterocycles. The third kappa shape index (κ3) is 5.55. The number of benzene rings is 2. The van der Waals surface area contributed by atoms with Crippen molar-refractivity contribution in [3.05, 3.63) is 87.7 Å². The van der Waals surface area contributed by atoms with Crippen molar-refractivity contribution in [1.82, 2.24) is 19.3 Å². The molecule has 4 rings (SSSR count). The number of nitrogens with one attached hydrogen (secondary N) is 1. The molecule has 0 spiro atoms. The molecule has 0 radical (unpaired) electrons. The van der Waals surface area contributed by atoms with Gasteiger partial charge >= 0.3 is 177 Å². The van der Waals surface area contributed by atoms with Crippen LogP contribution in [0.1, 0.15) is 57.0 Å². The Bertz CT molecular complexity index is 1240. The second-order valence-electron chi connectivity index (χ2n) is 9.75. The molecule has 2 aromatic carbocycles. The summed E-state index contributed by atoms with van der Waals surface area (Å²) in [4.78, 5) is 0. The molecule has 0 saturated heterocycles. The van der Waals surface area contributed by atoms with Crippen LogP contribution in [0.4, 0.5) is 0 Å². The van der Waals surface area contributed by atoms with E-state index in [0.717, 1.165) is 25.1 Å². The summed E-state index contributed by atoms with van der Waals surface area (Å²) in [5.41, 5.74) is 7.62. The molecular weight excluding hydrogens is 587 g/mol. The summed E-state index contributed by atoms with van der Waals surface area (Å²) in [5, 5.41) is 7.85. The summed E-state index contributed by atoms with van der Waals surface area (Å²) in [7, 11) is 0. The molecule has 5 heteroatoms. The Labute approximate surface area is 208 Å². The number of hydrogen-bond donors (Lipinski definition) is 1. The standard InChI is InChI=1S/C28H34N4.Pt/c1-22-27(23-14-16-24(17-15-23)28(2,3)4)26(30-29-22)13-9-6-10-18-31-19-20-32(21-31)25-11-7-5-8-12-25;/h5,7-8,11-12,14-17,19-20H,6,9-10,13,18H2,1-4H3,(H,29,30);. The van der Waals surface area contributed by atoms with Gasteiger partial charge in [0.2, 0.25) is 0 Å². The van der Waals surface area contributed by atoms with Crippen molar-refractivity contribution in [3.63, 3.8) is 0 Å². The molecule has 0 atom stereocenters. The first-order chi connectivity index (χ1) is 15.8. The van der Waals surface area contributed by atoms with Crippen molar-refractivity contribution >= 4 is 0 Å². The van der Waals surface area contributed by atoms with Gasteiger partial charge in [0, 0.05) is 0 Å². The number of H-pyrrole nitrogens is 1. The number of hydrogen-bond acceptors (Lipinski definition) is 1. The quantitative estimate of drug-likeness (QED) is 0.217. The van der Waals surface area contributed by atoms with Crippen molar-refractivity contribution in [1.29, 1.82) is 0 Å². The van der Waals surface area contributed by atoms with E-state index in [9.17, 15) is 0 Å². The van der Waals surface area contributed by atoms with E-state index in [4.69, 9.17) is 0 Å². The predicted molar refractivity (Wildman–Crippen MR) is 132 cm³/mol. The minimum atomic E-state index is 0.171. The van der Waals surface area contributed by atoms with Crippen LogP contribution in [0, 0.1) is 10.7 Å². The van der Waals surface area contributed by atoms with Gasteiger partial charge in [-0.15, -0.1) is 0 Å². The van der Waals surface area contributed by atoms with E-state index in [2.05, 4.69) is 133 Å². The summed E-state index contributed by atoms with van der Waals surface area (Å²) in [6.07, 6.45) is 8.85. The average Bonchev–Trinajstić information content (AvgIpc) is 3.36. The molecule has 176 valence electrons. The monoisotopic (exact) mass is 621 g/mol. The molecule has 0 saturated carbocycles. The van der Waals surface area contributed by atoms with Crippen molar-refractivity contribution in [2.75, 3.05) is 0 Å². The SMILES string of the molecule is Cc1[nH]nc(CCCCCn2ccn(-c3ccccc3)[c]2=[Pt])c1-c1ccc(C(C)(C)C)cc1. The minimum absolute atomic E-state index is 0.171. The second kappa shape index (κ2) is 10.2. The van der Waals surface area contributed by atoms with E-state index in [0.29, 0.717) is 0 Å². The van der Waals surface area contributed by atoms with Gasteiger partial charge in [0.15, 0.2) is 0 Å². The van der Waals surface area contributed by atoms with Crippen molar-refractivity contribution in [2.45, 2.75) is 65.3 Å². The molecule has 0 aliphatic carbocycles. The van der Waals surface area contributed by atoms with Gasteiger partial charge in [-0.05, 0) is 11.0 Å². The Kier molecular flexibility index (Phi) is 7.34. The third-order valence-corrected chi connectivity index (χ3v) is 7.41. The van der Waals surface area contributed by atoms with Gasteiger partial charge in [-0.2, -0.15) is 0 Å². The van der Waals surface area contributed by atoms with Gasteiger partial charge in [-0.3, -0.25) is 0 Å². The van der Waals surface area contributed by atoms with E-state index < -0.39 is 0 Å². The van der Waals surface area contributed by atoms with Crippen LogP contribution in [0.5, 0.6) is 0 Å². The Balaban J connectivity index is 1.33. The number of unbranched alkanes of at least 4 members (excludes halogenated alkanes) is 2. The number of nitrogens with zero attached hydrogens (tertiary/aromatic N) is 3. The Morgan fingerprint density at radius 3 is 2.33 bits per heavy atom. The van der Waals surface area contributed by atoms with Gasteiger partial charge in [0.25, 0.3) is 0 Å². The summed E-state index contributed by atoms with van der Waals surface area (Å²) in [6, 6.07) is 19.5. The zero-order valence-electron chi connectivity index (χ0n) is 20.0. The number of aryl methyl sites for hydroxylation is 3. The predicted octanol–water partition coefficient (Wildman–Crippen LogP) is 6.77. The molecule has 0 fully saturated rings. The molecule has 33 heavy (non-hydrogen) atoms. The molecule has 4 nitrogen and oxygen atoms in total. The zero-order valence-corrected chi connectivity index (χ0v) is 22.3. The summed E-state index contributed by atoms with van der Waals surface area (Å²) >= 11 is 2.42. The van der Waals surface area contributed by atoms with Gasteiger partial charge in [-0.1, -0.05) is 20.8 Å². The molecule has 0 bridgehead atoms. The normalized spacial score (nSPS) is 11.8. The fraction of sp³-hybridized carbons (Fsp3) is 0.357. The van der Waals surface area contributed by atoms with Gasteiger partial charge in [0.1, 0.15) is 0 Å². The first-order valence-corrected chi connectivity index (χ1v) is 12.9. The average molecular weight is 622 g/mol. The van der Waals surface area contributed by atoms with Crippen LogP contribution in [-0.2, 0) is 37.7 Å². The summed E-state index contributed by atoms with van der Waals surface area (Å²) in [5.74, 6) is 0. The molecule has 0 aliphatic rings. The van der Waals surface area contributed by atoms with E-state index in [-0.39, 0.29) is 5.41 Å². The molecular formula is C28H34N4Pt. The molecule has 0 amide bonds. The van der Waals surface area contributed by atoms with Gasteiger partial charge < -0.3 is 0 Å². The first kappa shape index (κ1) is 23.7. The van der Waals surface area contributed by atoms with Crippen LogP contribution >= 0.6 is 0 Å². The molecule has 1 N–H and O–H groups in total. The Morgan fingerprint density at radius 2 is 1.64 bits per heavy atom. The zero-order chi connectivity index (χ0) is 23.4. The first-order valence-electron chi connectivity index (χ1n) is 11.8. The maximum absolute atomic E-state index is 4.64. The van der Waals surface area contributed by atoms with Gasteiger partial charge in [-0.25, -0.2) is 0 Å². The van der Waals surface area contributed by atoms with Crippen LogP contribution in [0.25, 0.3) is 16.8 Å². The molecule has 0 aliphatic heterocycles. The fourth-order valence-corrected chi connectivity index (χ4v) is 5.15. The van der Waals surface area contributed by atoms with E-state index >= 15 is 0 Å². The van der Waals surface area contributed by atoms with Crippen LogP contribution in [0.2, 0.25) is 0 Å². The van der Waals surface area contributed by atoms with Crippen LogP contribution < -0.4 is 0 Å². The van der Waals surface area contributed by atoms with Gasteiger partial charge in [0.05, 0.1) is 0 Å². The number of para-hydroxylation sites is 1. The Hall–Kier alpha value is -2.45. The second-order valence-corrected chi connectivity index (χ2v) is 10.8. The molecule has 2 aromatic heterocycles. The van der Waals surface area contributed by atoms with Crippen LogP contribution in [0.15, 0.2) is 67.0 Å². The van der Waals surface area contributed by atoms with Crippen molar-refractivity contribution < 1.29 is 19.4 Å². The summed E-state index contributed by atoms with van der Waals surface area (Å²) in [6.45, 7) is 9.93. The van der Waals surface area contributed by atoms with Crippen molar-refractivity contribution in [2.24, 2.45) is 0 Å². The molecule has 0 unspecified atom stereocenters. The van der Waals surface area contributed by atoms with Crippen LogP contribution in [-0.4, -0.2) is 19.3 Å². The molecule has 4 aromatic rings. The van der Waals surface area contributed by atoms with E-state index in [1.807, 2.05) is 0 Å². The van der Waals surface area contributed by atoms with E-state index in [1.54, 1.807) is 0 Å². The fourth-order valence-electron chi connectivity index (χ4n) is 4.26.